The molecule has 0 radical (unpaired) electrons. The molecule has 0 saturated heterocycles. The molecule has 0 unspecified atom stereocenters. The molecule has 0 amide bonds. The first kappa shape index (κ1) is 13.4. The van der Waals surface area contributed by atoms with Gasteiger partial charge in [-0.3, -0.25) is 4.79 Å². The zero-order valence-corrected chi connectivity index (χ0v) is 12.1. The molecule has 1 heterocycles. The predicted molar refractivity (Wildman–Crippen MR) is 83.0 cm³/mol. The second kappa shape index (κ2) is 5.44. The van der Waals surface area contributed by atoms with E-state index in [-0.39, 0.29) is 5.43 Å². The predicted octanol–water partition coefficient (Wildman–Crippen LogP) is 3.70. The summed E-state index contributed by atoms with van der Waals surface area (Å²) >= 11 is 0. The smallest absolute Gasteiger partial charge is 0.195 e. The van der Waals surface area contributed by atoms with Crippen molar-refractivity contribution in [1.82, 2.24) is 0 Å². The first-order valence-corrected chi connectivity index (χ1v) is 6.83. The quantitative estimate of drug-likeness (QED) is 0.734. The van der Waals surface area contributed by atoms with Crippen LogP contribution in [0.25, 0.3) is 11.0 Å². The van der Waals surface area contributed by atoms with Gasteiger partial charge in [-0.15, -0.1) is 0 Å². The van der Waals surface area contributed by atoms with Crippen molar-refractivity contribution in [3.8, 4) is 5.75 Å². The summed E-state index contributed by atoms with van der Waals surface area (Å²) in [6.45, 7) is 1.81. The third kappa shape index (κ3) is 2.55. The largest absolute Gasteiger partial charge is 0.497 e. The van der Waals surface area contributed by atoms with Crippen LogP contribution in [0.1, 0.15) is 16.9 Å². The molecule has 3 nitrogen and oxygen atoms in total. The molecule has 0 atom stereocenters. The van der Waals surface area contributed by atoms with Crippen LogP contribution in [0.15, 0.2) is 57.7 Å². The first-order chi connectivity index (χ1) is 10.2. The van der Waals surface area contributed by atoms with Gasteiger partial charge in [-0.2, -0.15) is 0 Å². The summed E-state index contributed by atoms with van der Waals surface area (Å²) in [6.07, 6.45) is 0.606. The van der Waals surface area contributed by atoms with Crippen molar-refractivity contribution in [3.63, 3.8) is 0 Å². The fraction of sp³-hybridized carbons (Fsp3) is 0.167. The summed E-state index contributed by atoms with van der Waals surface area (Å²) in [4.78, 5) is 12.4. The van der Waals surface area contributed by atoms with Crippen LogP contribution >= 0.6 is 0 Å². The number of methoxy groups -OCH3 is 1. The van der Waals surface area contributed by atoms with Crippen LogP contribution in [0.4, 0.5) is 0 Å². The zero-order chi connectivity index (χ0) is 14.8. The van der Waals surface area contributed by atoms with Gasteiger partial charge in [0.15, 0.2) is 5.43 Å². The van der Waals surface area contributed by atoms with Crippen LogP contribution in [0.2, 0.25) is 0 Å². The van der Waals surface area contributed by atoms with Gasteiger partial charge in [-0.25, -0.2) is 0 Å². The standard InChI is InChI=1S/C18H16O3/c1-12-16(10-13-6-4-3-5-7-13)21-17-11-14(20-2)8-9-15(17)18(12)19/h3-9,11H,10H2,1-2H3. The number of ether oxygens (including phenoxy) is 1. The molecule has 0 fully saturated rings. The summed E-state index contributed by atoms with van der Waals surface area (Å²) in [6, 6.07) is 15.3. The fourth-order valence-electron chi connectivity index (χ4n) is 2.39. The van der Waals surface area contributed by atoms with Crippen molar-refractivity contribution in [2.24, 2.45) is 0 Å². The molecular formula is C18H16O3. The van der Waals surface area contributed by atoms with Crippen LogP contribution in [-0.4, -0.2) is 7.11 Å². The molecule has 0 N–H and O–H groups in total. The number of benzene rings is 2. The van der Waals surface area contributed by atoms with E-state index in [0.717, 1.165) is 5.56 Å². The highest BCUT2D eigenvalue weighted by molar-refractivity contribution is 5.78. The summed E-state index contributed by atoms with van der Waals surface area (Å²) in [7, 11) is 1.60. The molecule has 0 bridgehead atoms. The second-order valence-electron chi connectivity index (χ2n) is 5.00. The molecule has 3 rings (SSSR count). The monoisotopic (exact) mass is 280 g/mol. The normalized spacial score (nSPS) is 10.8. The lowest BCUT2D eigenvalue weighted by Gasteiger charge is -2.08. The summed E-state index contributed by atoms with van der Waals surface area (Å²) < 4.78 is 11.1. The average Bonchev–Trinajstić information content (AvgIpc) is 2.53. The third-order valence-electron chi connectivity index (χ3n) is 3.63. The summed E-state index contributed by atoms with van der Waals surface area (Å²) in [5, 5.41) is 0.588. The number of rotatable bonds is 3. The maximum Gasteiger partial charge on any atom is 0.195 e. The summed E-state index contributed by atoms with van der Waals surface area (Å²) in [5.41, 5.74) is 2.36. The van der Waals surface area contributed by atoms with E-state index in [2.05, 4.69) is 0 Å². The lowest BCUT2D eigenvalue weighted by atomic mass is 10.1. The van der Waals surface area contributed by atoms with Crippen molar-refractivity contribution in [2.75, 3.05) is 7.11 Å². The molecule has 21 heavy (non-hydrogen) atoms. The Labute approximate surface area is 122 Å². The minimum atomic E-state index is 0.0184. The van der Waals surface area contributed by atoms with Gasteiger partial charge in [0.25, 0.3) is 0 Å². The van der Waals surface area contributed by atoms with Crippen molar-refractivity contribution >= 4 is 11.0 Å². The Hall–Kier alpha value is -2.55. The molecule has 0 aliphatic rings. The first-order valence-electron chi connectivity index (χ1n) is 6.83. The highest BCUT2D eigenvalue weighted by atomic mass is 16.5. The molecular weight excluding hydrogens is 264 g/mol. The molecule has 0 aliphatic carbocycles. The zero-order valence-electron chi connectivity index (χ0n) is 12.1. The molecule has 106 valence electrons. The Balaban J connectivity index is 2.14. The second-order valence-corrected chi connectivity index (χ2v) is 5.00. The topological polar surface area (TPSA) is 39.4 Å². The Kier molecular flexibility index (Phi) is 3.48. The van der Waals surface area contributed by atoms with E-state index >= 15 is 0 Å². The van der Waals surface area contributed by atoms with Crippen LogP contribution in [0.3, 0.4) is 0 Å². The number of fused-ring (bicyclic) bond motifs is 1. The van der Waals surface area contributed by atoms with E-state index < -0.39 is 0 Å². The highest BCUT2D eigenvalue weighted by Crippen LogP contribution is 2.22. The van der Waals surface area contributed by atoms with E-state index in [1.807, 2.05) is 37.3 Å². The van der Waals surface area contributed by atoms with Crippen molar-refractivity contribution in [2.45, 2.75) is 13.3 Å². The lowest BCUT2D eigenvalue weighted by Crippen LogP contribution is -2.09. The molecule has 0 saturated carbocycles. The van der Waals surface area contributed by atoms with Crippen molar-refractivity contribution in [1.29, 1.82) is 0 Å². The van der Waals surface area contributed by atoms with Crippen molar-refractivity contribution in [3.05, 3.63) is 75.6 Å². The fourth-order valence-corrected chi connectivity index (χ4v) is 2.39. The van der Waals surface area contributed by atoms with Gasteiger partial charge in [0.05, 0.1) is 12.5 Å². The maximum atomic E-state index is 12.4. The molecule has 3 heteroatoms. The SMILES string of the molecule is COc1ccc2c(=O)c(C)c(Cc3ccccc3)oc2c1. The third-order valence-corrected chi connectivity index (χ3v) is 3.63. The Morgan fingerprint density at radius 1 is 1.10 bits per heavy atom. The molecule has 0 aliphatic heterocycles. The Morgan fingerprint density at radius 2 is 1.86 bits per heavy atom. The van der Waals surface area contributed by atoms with Gasteiger partial charge >= 0.3 is 0 Å². The molecule has 0 spiro atoms. The highest BCUT2D eigenvalue weighted by Gasteiger charge is 2.12. The minimum absolute atomic E-state index is 0.0184. The number of hydrogen-bond donors (Lipinski definition) is 0. The van der Waals surface area contributed by atoms with Gasteiger partial charge in [-0.1, -0.05) is 30.3 Å². The van der Waals surface area contributed by atoms with Gasteiger partial charge in [0.1, 0.15) is 17.1 Å². The molecule has 2 aromatic carbocycles. The van der Waals surface area contributed by atoms with E-state index in [1.165, 1.54) is 0 Å². The van der Waals surface area contributed by atoms with Gasteiger partial charge in [0.2, 0.25) is 0 Å². The number of hydrogen-bond acceptors (Lipinski definition) is 3. The van der Waals surface area contributed by atoms with Crippen LogP contribution in [-0.2, 0) is 6.42 Å². The van der Waals surface area contributed by atoms with E-state index in [0.29, 0.717) is 34.5 Å². The van der Waals surface area contributed by atoms with Crippen molar-refractivity contribution < 1.29 is 9.15 Å². The Morgan fingerprint density at radius 3 is 2.57 bits per heavy atom. The summed E-state index contributed by atoms with van der Waals surface area (Å²) in [5.74, 6) is 1.38. The average molecular weight is 280 g/mol. The lowest BCUT2D eigenvalue weighted by molar-refractivity contribution is 0.414. The minimum Gasteiger partial charge on any atom is -0.497 e. The molecule has 3 aromatic rings. The van der Waals surface area contributed by atoms with Crippen LogP contribution < -0.4 is 10.2 Å². The van der Waals surface area contributed by atoms with E-state index in [9.17, 15) is 4.79 Å². The Bertz CT molecular complexity index is 832. The van der Waals surface area contributed by atoms with Gasteiger partial charge in [0, 0.05) is 18.1 Å². The van der Waals surface area contributed by atoms with Crippen LogP contribution in [0.5, 0.6) is 5.75 Å². The van der Waals surface area contributed by atoms with E-state index in [1.54, 1.807) is 25.3 Å². The van der Waals surface area contributed by atoms with Gasteiger partial charge < -0.3 is 9.15 Å². The van der Waals surface area contributed by atoms with Gasteiger partial charge in [-0.05, 0) is 24.6 Å². The maximum absolute atomic E-state index is 12.4. The molecule has 1 aromatic heterocycles. The van der Waals surface area contributed by atoms with Crippen LogP contribution in [0, 0.1) is 6.92 Å². The van der Waals surface area contributed by atoms with E-state index in [4.69, 9.17) is 9.15 Å².